The van der Waals surface area contributed by atoms with E-state index in [1.807, 2.05) is 30.5 Å². The fourth-order valence-corrected chi connectivity index (χ4v) is 2.84. The number of hydrogen-bond donors (Lipinski definition) is 1. The lowest BCUT2D eigenvalue weighted by molar-refractivity contribution is -0.150. The maximum atomic E-state index is 12.3. The normalized spacial score (nSPS) is 19.3. The van der Waals surface area contributed by atoms with E-state index in [1.165, 1.54) is 4.90 Å². The Hall–Kier alpha value is -1.69. The van der Waals surface area contributed by atoms with Crippen molar-refractivity contribution in [2.75, 3.05) is 12.8 Å². The highest BCUT2D eigenvalue weighted by Gasteiger charge is 2.36. The Kier molecular flexibility index (Phi) is 5.12. The third kappa shape index (κ3) is 3.69. The van der Waals surface area contributed by atoms with Crippen molar-refractivity contribution in [1.82, 2.24) is 4.90 Å². The van der Waals surface area contributed by atoms with Gasteiger partial charge in [0.05, 0.1) is 0 Å². The van der Waals surface area contributed by atoms with Gasteiger partial charge in [0.1, 0.15) is 11.8 Å². The van der Waals surface area contributed by atoms with Crippen molar-refractivity contribution < 1.29 is 19.4 Å². The first kappa shape index (κ1) is 15.7. The van der Waals surface area contributed by atoms with Gasteiger partial charge in [-0.3, -0.25) is 4.79 Å². The van der Waals surface area contributed by atoms with Crippen molar-refractivity contribution in [2.45, 2.75) is 36.8 Å². The molecule has 0 radical (unpaired) electrons. The van der Waals surface area contributed by atoms with Gasteiger partial charge in [0.2, 0.25) is 0 Å². The summed E-state index contributed by atoms with van der Waals surface area (Å²) in [6, 6.07) is 6.75. The molecule has 21 heavy (non-hydrogen) atoms. The summed E-state index contributed by atoms with van der Waals surface area (Å²) in [5.41, 5.74) is 0. The van der Waals surface area contributed by atoms with Gasteiger partial charge in [0, 0.05) is 11.4 Å². The van der Waals surface area contributed by atoms with E-state index in [0.717, 1.165) is 11.3 Å². The number of carboxylic acid groups (broad SMARTS) is 1. The van der Waals surface area contributed by atoms with Gasteiger partial charge in [-0.2, -0.15) is 0 Å². The number of thioether (sulfide) groups is 1. The zero-order valence-electron chi connectivity index (χ0n) is 12.1. The fraction of sp³-hybridized carbons (Fsp3) is 0.467. The van der Waals surface area contributed by atoms with E-state index < -0.39 is 18.1 Å². The van der Waals surface area contributed by atoms with E-state index in [2.05, 4.69) is 0 Å². The Bertz CT molecular complexity index is 517. The van der Waals surface area contributed by atoms with Crippen LogP contribution in [0.1, 0.15) is 19.8 Å². The average Bonchev–Trinajstić information content (AvgIpc) is 2.96. The molecule has 2 unspecified atom stereocenters. The lowest BCUT2D eigenvalue weighted by atomic mass is 10.2. The van der Waals surface area contributed by atoms with Gasteiger partial charge in [-0.1, -0.05) is 0 Å². The van der Waals surface area contributed by atoms with Gasteiger partial charge in [-0.15, -0.1) is 11.8 Å². The van der Waals surface area contributed by atoms with Crippen LogP contribution in [0.2, 0.25) is 0 Å². The molecule has 6 heteroatoms. The van der Waals surface area contributed by atoms with Gasteiger partial charge in [-0.05, 0) is 50.3 Å². The van der Waals surface area contributed by atoms with E-state index in [9.17, 15) is 9.59 Å². The van der Waals surface area contributed by atoms with Gasteiger partial charge < -0.3 is 14.7 Å². The SMILES string of the molecule is CSc1ccc(OC(C)C(=O)N2CCCC2C(=O)O)cc1. The van der Waals surface area contributed by atoms with E-state index >= 15 is 0 Å². The number of carbonyl (C=O) groups is 2. The number of aliphatic carboxylic acids is 1. The Labute approximate surface area is 128 Å². The number of ether oxygens (including phenoxy) is 1. The predicted molar refractivity (Wildman–Crippen MR) is 80.7 cm³/mol. The first-order valence-corrected chi connectivity index (χ1v) is 8.09. The van der Waals surface area contributed by atoms with Gasteiger partial charge in [0.25, 0.3) is 5.91 Å². The second-order valence-electron chi connectivity index (χ2n) is 4.96. The number of amides is 1. The summed E-state index contributed by atoms with van der Waals surface area (Å²) in [6.45, 7) is 2.14. The maximum absolute atomic E-state index is 12.3. The molecule has 114 valence electrons. The number of benzene rings is 1. The summed E-state index contributed by atoms with van der Waals surface area (Å²) >= 11 is 1.63. The molecule has 1 aliphatic rings. The van der Waals surface area contributed by atoms with Crippen LogP contribution in [0.3, 0.4) is 0 Å². The molecule has 1 amide bonds. The lowest BCUT2D eigenvalue weighted by Crippen LogP contribution is -2.46. The smallest absolute Gasteiger partial charge is 0.326 e. The topological polar surface area (TPSA) is 66.8 Å². The highest BCUT2D eigenvalue weighted by atomic mass is 32.2. The zero-order chi connectivity index (χ0) is 15.4. The molecule has 2 rings (SSSR count). The van der Waals surface area contributed by atoms with Gasteiger partial charge >= 0.3 is 5.97 Å². The average molecular weight is 309 g/mol. The minimum Gasteiger partial charge on any atom is -0.481 e. The van der Waals surface area contributed by atoms with Crippen molar-refractivity contribution in [3.05, 3.63) is 24.3 Å². The largest absolute Gasteiger partial charge is 0.481 e. The number of carboxylic acids is 1. The van der Waals surface area contributed by atoms with E-state index in [0.29, 0.717) is 18.7 Å². The molecule has 0 aliphatic carbocycles. The van der Waals surface area contributed by atoms with Crippen molar-refractivity contribution in [3.63, 3.8) is 0 Å². The molecule has 1 N–H and O–H groups in total. The highest BCUT2D eigenvalue weighted by molar-refractivity contribution is 7.98. The summed E-state index contributed by atoms with van der Waals surface area (Å²) in [5.74, 6) is -0.606. The molecular formula is C15H19NO4S. The van der Waals surface area contributed by atoms with Crippen LogP contribution in [0.15, 0.2) is 29.2 Å². The van der Waals surface area contributed by atoms with Crippen LogP contribution in [-0.4, -0.2) is 46.8 Å². The Morgan fingerprint density at radius 1 is 1.38 bits per heavy atom. The van der Waals surface area contributed by atoms with Crippen molar-refractivity contribution in [3.8, 4) is 5.75 Å². The molecule has 0 spiro atoms. The first-order valence-electron chi connectivity index (χ1n) is 6.87. The number of carbonyl (C=O) groups excluding carboxylic acids is 1. The number of likely N-dealkylation sites (tertiary alicyclic amines) is 1. The molecule has 0 bridgehead atoms. The summed E-state index contributed by atoms with van der Waals surface area (Å²) in [5, 5.41) is 9.12. The summed E-state index contributed by atoms with van der Waals surface area (Å²) < 4.78 is 5.62. The molecule has 1 heterocycles. The van der Waals surface area contributed by atoms with Gasteiger partial charge in [0.15, 0.2) is 6.10 Å². The highest BCUT2D eigenvalue weighted by Crippen LogP contribution is 2.22. The number of nitrogens with zero attached hydrogens (tertiary/aromatic N) is 1. The number of hydrogen-bond acceptors (Lipinski definition) is 4. The minimum atomic E-state index is -0.947. The van der Waals surface area contributed by atoms with Crippen LogP contribution in [0.5, 0.6) is 5.75 Å². The van der Waals surface area contributed by atoms with Crippen LogP contribution >= 0.6 is 11.8 Å². The summed E-state index contributed by atoms with van der Waals surface area (Å²) in [4.78, 5) is 26.0. The van der Waals surface area contributed by atoms with Gasteiger partial charge in [-0.25, -0.2) is 4.79 Å². The van der Waals surface area contributed by atoms with Crippen LogP contribution in [0.25, 0.3) is 0 Å². The molecule has 5 nitrogen and oxygen atoms in total. The monoisotopic (exact) mass is 309 g/mol. The maximum Gasteiger partial charge on any atom is 0.326 e. The third-order valence-corrected chi connectivity index (χ3v) is 4.28. The first-order chi connectivity index (χ1) is 10.0. The van der Waals surface area contributed by atoms with Crippen molar-refractivity contribution in [2.24, 2.45) is 0 Å². The molecule has 1 aliphatic heterocycles. The lowest BCUT2D eigenvalue weighted by Gasteiger charge is -2.25. The second kappa shape index (κ2) is 6.85. The Balaban J connectivity index is 2.00. The van der Waals surface area contributed by atoms with Crippen LogP contribution < -0.4 is 4.74 Å². The molecular weight excluding hydrogens is 290 g/mol. The Morgan fingerprint density at radius 3 is 2.62 bits per heavy atom. The molecule has 1 saturated heterocycles. The van der Waals surface area contributed by atoms with E-state index in [1.54, 1.807) is 18.7 Å². The molecule has 2 atom stereocenters. The molecule has 0 saturated carbocycles. The fourth-order valence-electron chi connectivity index (χ4n) is 2.43. The summed E-state index contributed by atoms with van der Waals surface area (Å²) in [6.07, 6.45) is 2.53. The molecule has 1 aromatic carbocycles. The quantitative estimate of drug-likeness (QED) is 0.845. The van der Waals surface area contributed by atoms with E-state index in [-0.39, 0.29) is 5.91 Å². The zero-order valence-corrected chi connectivity index (χ0v) is 12.9. The Morgan fingerprint density at radius 2 is 2.05 bits per heavy atom. The molecule has 0 aromatic heterocycles. The third-order valence-electron chi connectivity index (χ3n) is 3.54. The second-order valence-corrected chi connectivity index (χ2v) is 5.84. The molecule has 1 aromatic rings. The standard InChI is InChI=1S/C15H19NO4S/c1-10(20-11-5-7-12(21-2)8-6-11)14(17)16-9-3-4-13(16)15(18)19/h5-8,10,13H,3-4,9H2,1-2H3,(H,18,19). The molecule has 1 fully saturated rings. The van der Waals surface area contributed by atoms with Crippen LogP contribution in [0, 0.1) is 0 Å². The summed E-state index contributed by atoms with van der Waals surface area (Å²) in [7, 11) is 0. The van der Waals surface area contributed by atoms with Crippen LogP contribution in [0.4, 0.5) is 0 Å². The predicted octanol–water partition coefficient (Wildman–Crippen LogP) is 2.25. The van der Waals surface area contributed by atoms with Crippen molar-refractivity contribution in [1.29, 1.82) is 0 Å². The minimum absolute atomic E-state index is 0.270. The van der Waals surface area contributed by atoms with E-state index in [4.69, 9.17) is 9.84 Å². The number of rotatable bonds is 5. The van der Waals surface area contributed by atoms with Crippen LogP contribution in [-0.2, 0) is 9.59 Å². The van der Waals surface area contributed by atoms with Crippen molar-refractivity contribution >= 4 is 23.6 Å².